The van der Waals surface area contributed by atoms with Crippen LogP contribution in [0.2, 0.25) is 0 Å². The van der Waals surface area contributed by atoms with Crippen LogP contribution in [0.25, 0.3) is 0 Å². The summed E-state index contributed by atoms with van der Waals surface area (Å²) in [6, 6.07) is 8.11. The van der Waals surface area contributed by atoms with E-state index < -0.39 is 16.8 Å². The number of rotatable bonds is 5. The van der Waals surface area contributed by atoms with E-state index in [1.54, 1.807) is 12.1 Å². The Labute approximate surface area is 132 Å². The number of ether oxygens (including phenoxy) is 1. The largest absolute Gasteiger partial charge is 0.475 e. The van der Waals surface area contributed by atoms with Crippen molar-refractivity contribution in [3.8, 4) is 5.75 Å². The van der Waals surface area contributed by atoms with Crippen LogP contribution in [0.4, 0.5) is 10.1 Å². The summed E-state index contributed by atoms with van der Waals surface area (Å²) < 4.78 is 18.6. The summed E-state index contributed by atoms with van der Waals surface area (Å²) in [5.74, 6) is -1.26. The quantitative estimate of drug-likeness (QED) is 0.475. The summed E-state index contributed by atoms with van der Waals surface area (Å²) in [6.45, 7) is 5.29. The van der Waals surface area contributed by atoms with Crippen molar-refractivity contribution in [2.75, 3.05) is 0 Å². The van der Waals surface area contributed by atoms with Gasteiger partial charge < -0.3 is 4.74 Å². The standard InChI is InChI=1S/C17H16FNO4/c1-10-4-5-13(8-11(10)2)17(20)12(3)23-16-9-14(18)6-7-15(16)19(21)22/h4-9,12H,1-3H3/t12-/m0/s1. The van der Waals surface area contributed by atoms with E-state index >= 15 is 0 Å². The number of carbonyl (C=O) groups is 1. The second kappa shape index (κ2) is 6.56. The fraction of sp³-hybridized carbons (Fsp3) is 0.235. The highest BCUT2D eigenvalue weighted by Gasteiger charge is 2.23. The maximum atomic E-state index is 13.3. The predicted molar refractivity (Wildman–Crippen MR) is 83.4 cm³/mol. The second-order valence-corrected chi connectivity index (χ2v) is 5.29. The third kappa shape index (κ3) is 3.71. The summed E-state index contributed by atoms with van der Waals surface area (Å²) in [4.78, 5) is 22.7. The molecule has 0 N–H and O–H groups in total. The lowest BCUT2D eigenvalue weighted by Crippen LogP contribution is -2.24. The Kier molecular flexibility index (Phi) is 4.74. The molecule has 0 fully saturated rings. The molecule has 0 amide bonds. The molecule has 0 aromatic heterocycles. The number of nitro groups is 1. The molecule has 0 saturated carbocycles. The molecular formula is C17H16FNO4. The van der Waals surface area contributed by atoms with Crippen LogP contribution >= 0.6 is 0 Å². The van der Waals surface area contributed by atoms with Gasteiger partial charge in [-0.2, -0.15) is 0 Å². The number of hydrogen-bond acceptors (Lipinski definition) is 4. The average Bonchev–Trinajstić information content (AvgIpc) is 2.49. The first kappa shape index (κ1) is 16.6. The summed E-state index contributed by atoms with van der Waals surface area (Å²) in [5.41, 5.74) is 2.07. The van der Waals surface area contributed by atoms with E-state index in [0.717, 1.165) is 29.3 Å². The molecule has 0 heterocycles. The van der Waals surface area contributed by atoms with Gasteiger partial charge in [0.1, 0.15) is 5.82 Å². The molecule has 0 bridgehead atoms. The minimum atomic E-state index is -0.974. The molecule has 1 atom stereocenters. The van der Waals surface area contributed by atoms with Crippen molar-refractivity contribution >= 4 is 11.5 Å². The molecule has 0 unspecified atom stereocenters. The number of nitro benzene ring substituents is 1. The van der Waals surface area contributed by atoms with Crippen molar-refractivity contribution < 1.29 is 18.8 Å². The minimum Gasteiger partial charge on any atom is -0.475 e. The van der Waals surface area contributed by atoms with Gasteiger partial charge in [0.05, 0.1) is 4.92 Å². The van der Waals surface area contributed by atoms with Gasteiger partial charge in [-0.1, -0.05) is 12.1 Å². The highest BCUT2D eigenvalue weighted by molar-refractivity contribution is 5.99. The molecule has 2 aromatic carbocycles. The maximum absolute atomic E-state index is 13.3. The molecule has 0 aliphatic heterocycles. The van der Waals surface area contributed by atoms with E-state index in [4.69, 9.17) is 4.74 Å². The fourth-order valence-corrected chi connectivity index (χ4v) is 2.11. The predicted octanol–water partition coefficient (Wildman–Crippen LogP) is 4.00. The third-order valence-electron chi connectivity index (χ3n) is 3.58. The number of ketones is 1. The van der Waals surface area contributed by atoms with Crippen LogP contribution in [0.1, 0.15) is 28.4 Å². The zero-order valence-corrected chi connectivity index (χ0v) is 13.0. The first-order chi connectivity index (χ1) is 10.8. The summed E-state index contributed by atoms with van der Waals surface area (Å²) in [7, 11) is 0. The molecule has 0 aliphatic carbocycles. The van der Waals surface area contributed by atoms with E-state index in [1.807, 2.05) is 19.9 Å². The van der Waals surface area contributed by atoms with Gasteiger partial charge in [-0.05, 0) is 44.0 Å². The Morgan fingerprint density at radius 1 is 1.17 bits per heavy atom. The molecule has 120 valence electrons. The molecule has 5 nitrogen and oxygen atoms in total. The van der Waals surface area contributed by atoms with Crippen molar-refractivity contribution in [2.24, 2.45) is 0 Å². The molecule has 6 heteroatoms. The Hall–Kier alpha value is -2.76. The number of aryl methyl sites for hydroxylation is 2. The number of benzene rings is 2. The first-order valence-electron chi connectivity index (χ1n) is 7.01. The highest BCUT2D eigenvalue weighted by Crippen LogP contribution is 2.29. The lowest BCUT2D eigenvalue weighted by molar-refractivity contribution is -0.386. The van der Waals surface area contributed by atoms with E-state index in [9.17, 15) is 19.3 Å². The molecule has 0 saturated heterocycles. The molecule has 2 aromatic rings. The SMILES string of the molecule is Cc1ccc(C(=O)[C@H](C)Oc2cc(F)ccc2[N+](=O)[O-])cc1C. The van der Waals surface area contributed by atoms with Crippen molar-refractivity contribution in [1.29, 1.82) is 0 Å². The number of halogens is 1. The van der Waals surface area contributed by atoms with Gasteiger partial charge in [-0.15, -0.1) is 0 Å². The van der Waals surface area contributed by atoms with E-state index in [2.05, 4.69) is 0 Å². The summed E-state index contributed by atoms with van der Waals surface area (Å²) >= 11 is 0. The molecule has 0 spiro atoms. The van der Waals surface area contributed by atoms with E-state index in [1.165, 1.54) is 6.92 Å². The van der Waals surface area contributed by atoms with Crippen molar-refractivity contribution in [2.45, 2.75) is 26.9 Å². The van der Waals surface area contributed by atoms with Gasteiger partial charge in [0, 0.05) is 17.7 Å². The average molecular weight is 317 g/mol. The topological polar surface area (TPSA) is 69.4 Å². The van der Waals surface area contributed by atoms with Crippen LogP contribution in [0.15, 0.2) is 36.4 Å². The zero-order valence-electron chi connectivity index (χ0n) is 13.0. The first-order valence-corrected chi connectivity index (χ1v) is 7.01. The van der Waals surface area contributed by atoms with Crippen molar-refractivity contribution in [3.63, 3.8) is 0 Å². The molecule has 0 radical (unpaired) electrons. The molecular weight excluding hydrogens is 301 g/mol. The number of carbonyl (C=O) groups excluding carboxylic acids is 1. The van der Waals surface area contributed by atoms with Crippen LogP contribution in [0.3, 0.4) is 0 Å². The van der Waals surface area contributed by atoms with Crippen LogP contribution in [-0.2, 0) is 0 Å². The molecule has 23 heavy (non-hydrogen) atoms. The van der Waals surface area contributed by atoms with Crippen LogP contribution in [-0.4, -0.2) is 16.8 Å². The summed E-state index contributed by atoms with van der Waals surface area (Å²) in [5, 5.41) is 11.0. The fourth-order valence-electron chi connectivity index (χ4n) is 2.11. The number of nitrogens with zero attached hydrogens (tertiary/aromatic N) is 1. The maximum Gasteiger partial charge on any atom is 0.311 e. The monoisotopic (exact) mass is 317 g/mol. The normalized spacial score (nSPS) is 11.8. The van der Waals surface area contributed by atoms with Gasteiger partial charge in [-0.25, -0.2) is 4.39 Å². The van der Waals surface area contributed by atoms with Crippen LogP contribution in [0.5, 0.6) is 5.75 Å². The molecule has 2 rings (SSSR count). The smallest absolute Gasteiger partial charge is 0.311 e. The lowest BCUT2D eigenvalue weighted by atomic mass is 10.0. The Morgan fingerprint density at radius 2 is 1.87 bits per heavy atom. The molecule has 0 aliphatic rings. The number of hydrogen-bond donors (Lipinski definition) is 0. The van der Waals surface area contributed by atoms with Crippen LogP contribution in [0, 0.1) is 29.8 Å². The van der Waals surface area contributed by atoms with E-state index in [0.29, 0.717) is 5.56 Å². The Bertz CT molecular complexity index is 773. The van der Waals surface area contributed by atoms with Crippen molar-refractivity contribution in [1.82, 2.24) is 0 Å². The lowest BCUT2D eigenvalue weighted by Gasteiger charge is -2.14. The Morgan fingerprint density at radius 3 is 2.48 bits per heavy atom. The number of Topliss-reactive ketones (excluding diaryl/α,β-unsaturated/α-hetero) is 1. The second-order valence-electron chi connectivity index (χ2n) is 5.29. The third-order valence-corrected chi connectivity index (χ3v) is 3.58. The zero-order chi connectivity index (χ0) is 17.1. The van der Waals surface area contributed by atoms with Crippen LogP contribution < -0.4 is 4.74 Å². The van der Waals surface area contributed by atoms with Gasteiger partial charge >= 0.3 is 5.69 Å². The minimum absolute atomic E-state index is 0.264. The Balaban J connectivity index is 2.26. The van der Waals surface area contributed by atoms with Gasteiger partial charge in [0.15, 0.2) is 6.10 Å². The van der Waals surface area contributed by atoms with Crippen molar-refractivity contribution in [3.05, 3.63) is 69.0 Å². The van der Waals surface area contributed by atoms with Gasteiger partial charge in [-0.3, -0.25) is 14.9 Å². The van der Waals surface area contributed by atoms with Gasteiger partial charge in [0.25, 0.3) is 0 Å². The highest BCUT2D eigenvalue weighted by atomic mass is 19.1. The van der Waals surface area contributed by atoms with E-state index in [-0.39, 0.29) is 17.2 Å². The summed E-state index contributed by atoms with van der Waals surface area (Å²) in [6.07, 6.45) is -0.974. The van der Waals surface area contributed by atoms with Gasteiger partial charge in [0.2, 0.25) is 11.5 Å².